The predicted octanol–water partition coefficient (Wildman–Crippen LogP) is 3.46. The van der Waals surface area contributed by atoms with Gasteiger partial charge in [0.1, 0.15) is 6.17 Å². The average Bonchev–Trinajstić information content (AvgIpc) is 2.76. The van der Waals surface area contributed by atoms with E-state index in [1.165, 1.54) is 0 Å². The lowest BCUT2D eigenvalue weighted by Gasteiger charge is -2.47. The van der Waals surface area contributed by atoms with Gasteiger partial charge in [0.2, 0.25) is 5.91 Å². The van der Waals surface area contributed by atoms with E-state index in [4.69, 9.17) is 9.47 Å². The van der Waals surface area contributed by atoms with Gasteiger partial charge in [-0.15, -0.1) is 0 Å². The van der Waals surface area contributed by atoms with Gasteiger partial charge in [-0.1, -0.05) is 38.1 Å². The summed E-state index contributed by atoms with van der Waals surface area (Å²) >= 11 is 0. The molecule has 6 heteroatoms. The summed E-state index contributed by atoms with van der Waals surface area (Å²) in [6, 6.07) is 14.9. The van der Waals surface area contributed by atoms with Crippen molar-refractivity contribution >= 4 is 11.8 Å². The highest BCUT2D eigenvalue weighted by molar-refractivity contribution is 5.95. The third-order valence-corrected chi connectivity index (χ3v) is 5.64. The van der Waals surface area contributed by atoms with Gasteiger partial charge in [0.15, 0.2) is 11.5 Å². The Labute approximate surface area is 178 Å². The van der Waals surface area contributed by atoms with Gasteiger partial charge < -0.3 is 19.3 Å². The first kappa shape index (κ1) is 21.7. The van der Waals surface area contributed by atoms with Crippen molar-refractivity contribution in [2.24, 2.45) is 11.8 Å². The van der Waals surface area contributed by atoms with E-state index in [0.29, 0.717) is 30.0 Å². The molecule has 2 atom stereocenters. The van der Waals surface area contributed by atoms with Crippen molar-refractivity contribution in [1.29, 1.82) is 0 Å². The number of benzene rings is 2. The molecule has 6 nitrogen and oxygen atoms in total. The molecule has 0 N–H and O–H groups in total. The van der Waals surface area contributed by atoms with E-state index >= 15 is 0 Å². The van der Waals surface area contributed by atoms with E-state index in [2.05, 4.69) is 0 Å². The molecule has 1 heterocycles. The normalized spacial score (nSPS) is 19.2. The SMILES string of the molecule is COc1ccc(C[C@@H]2CN(C(=O)c3ccccc3)[C@@H](C(C)C)N(C)C2=O)cc1OC. The number of methoxy groups -OCH3 is 2. The van der Waals surface area contributed by atoms with Crippen LogP contribution in [0.25, 0.3) is 0 Å². The second-order valence-corrected chi connectivity index (χ2v) is 8.02. The summed E-state index contributed by atoms with van der Waals surface area (Å²) in [6.07, 6.45) is 0.249. The summed E-state index contributed by atoms with van der Waals surface area (Å²) in [5.74, 6) is 1.08. The van der Waals surface area contributed by atoms with E-state index in [0.717, 1.165) is 5.56 Å². The Morgan fingerprint density at radius 1 is 1.07 bits per heavy atom. The molecule has 3 rings (SSSR count). The maximum absolute atomic E-state index is 13.3. The van der Waals surface area contributed by atoms with E-state index in [1.54, 1.807) is 26.2 Å². The second-order valence-electron chi connectivity index (χ2n) is 8.02. The van der Waals surface area contributed by atoms with Gasteiger partial charge >= 0.3 is 0 Å². The zero-order chi connectivity index (χ0) is 21.8. The minimum Gasteiger partial charge on any atom is -0.493 e. The maximum atomic E-state index is 13.3. The fraction of sp³-hybridized carbons (Fsp3) is 0.417. The first-order chi connectivity index (χ1) is 14.4. The molecule has 2 aromatic carbocycles. The summed E-state index contributed by atoms with van der Waals surface area (Å²) in [4.78, 5) is 30.0. The topological polar surface area (TPSA) is 59.1 Å². The lowest BCUT2D eigenvalue weighted by molar-refractivity contribution is -0.148. The summed E-state index contributed by atoms with van der Waals surface area (Å²) in [6.45, 7) is 4.46. The van der Waals surface area contributed by atoms with Crippen molar-refractivity contribution in [3.8, 4) is 11.5 Å². The van der Waals surface area contributed by atoms with Crippen molar-refractivity contribution in [3.05, 3.63) is 59.7 Å². The van der Waals surface area contributed by atoms with Crippen LogP contribution in [0.2, 0.25) is 0 Å². The molecule has 1 saturated heterocycles. The van der Waals surface area contributed by atoms with Crippen LogP contribution in [0, 0.1) is 11.8 Å². The van der Waals surface area contributed by atoms with Crippen LogP contribution in [0.4, 0.5) is 0 Å². The summed E-state index contributed by atoms with van der Waals surface area (Å²) in [5, 5.41) is 0. The number of carbonyl (C=O) groups excluding carboxylic acids is 2. The molecule has 0 unspecified atom stereocenters. The van der Waals surface area contributed by atoms with Crippen molar-refractivity contribution < 1.29 is 19.1 Å². The Hall–Kier alpha value is -3.02. The highest BCUT2D eigenvalue weighted by Crippen LogP contribution is 2.31. The van der Waals surface area contributed by atoms with Crippen molar-refractivity contribution in [1.82, 2.24) is 9.80 Å². The van der Waals surface area contributed by atoms with Gasteiger partial charge in [0.25, 0.3) is 5.91 Å². The number of nitrogens with zero attached hydrogens (tertiary/aromatic N) is 2. The minimum atomic E-state index is -0.323. The molecule has 30 heavy (non-hydrogen) atoms. The number of rotatable bonds is 6. The molecule has 2 aromatic rings. The van der Waals surface area contributed by atoms with Crippen molar-refractivity contribution in [2.75, 3.05) is 27.8 Å². The van der Waals surface area contributed by atoms with Crippen LogP contribution in [0.3, 0.4) is 0 Å². The molecular weight excluding hydrogens is 380 g/mol. The van der Waals surface area contributed by atoms with Crippen molar-refractivity contribution in [3.63, 3.8) is 0 Å². The zero-order valence-electron chi connectivity index (χ0n) is 18.3. The molecule has 0 saturated carbocycles. The zero-order valence-corrected chi connectivity index (χ0v) is 18.3. The summed E-state index contributed by atoms with van der Waals surface area (Å²) in [5.41, 5.74) is 1.60. The maximum Gasteiger partial charge on any atom is 0.255 e. The summed E-state index contributed by atoms with van der Waals surface area (Å²) < 4.78 is 10.7. The van der Waals surface area contributed by atoms with E-state index in [1.807, 2.05) is 67.3 Å². The van der Waals surface area contributed by atoms with Crippen LogP contribution in [0.5, 0.6) is 11.5 Å². The smallest absolute Gasteiger partial charge is 0.255 e. The number of carbonyl (C=O) groups is 2. The first-order valence-electron chi connectivity index (χ1n) is 10.2. The fourth-order valence-corrected chi connectivity index (χ4v) is 4.25. The molecule has 0 aliphatic carbocycles. The Morgan fingerprint density at radius 3 is 2.33 bits per heavy atom. The highest BCUT2D eigenvalue weighted by Gasteiger charge is 2.42. The van der Waals surface area contributed by atoms with Gasteiger partial charge in [-0.25, -0.2) is 0 Å². The van der Waals surface area contributed by atoms with Gasteiger partial charge in [0, 0.05) is 19.2 Å². The minimum absolute atomic E-state index is 0.0500. The number of amides is 2. The molecule has 1 fully saturated rings. The Kier molecular flexibility index (Phi) is 6.65. The molecule has 0 bridgehead atoms. The lowest BCUT2D eigenvalue weighted by Crippen LogP contribution is -2.62. The van der Waals surface area contributed by atoms with Gasteiger partial charge in [0.05, 0.1) is 20.1 Å². The van der Waals surface area contributed by atoms with Gasteiger partial charge in [-0.2, -0.15) is 0 Å². The standard InChI is InChI=1S/C24H30N2O4/c1-16(2)22-25(3)23(27)19(13-17-11-12-20(29-4)21(14-17)30-5)15-26(22)24(28)18-9-7-6-8-10-18/h6-12,14,16,19,22H,13,15H2,1-5H3/t19-,22+/m1/s1. The molecule has 0 aromatic heterocycles. The van der Waals surface area contributed by atoms with E-state index in [9.17, 15) is 9.59 Å². The van der Waals surface area contributed by atoms with Crippen LogP contribution < -0.4 is 9.47 Å². The molecule has 2 amide bonds. The molecule has 1 aliphatic rings. The first-order valence-corrected chi connectivity index (χ1v) is 10.2. The van der Waals surface area contributed by atoms with Crippen molar-refractivity contribution in [2.45, 2.75) is 26.4 Å². The highest BCUT2D eigenvalue weighted by atomic mass is 16.5. The Morgan fingerprint density at radius 2 is 1.73 bits per heavy atom. The third-order valence-electron chi connectivity index (χ3n) is 5.64. The van der Waals surface area contributed by atoms with Gasteiger partial charge in [-0.05, 0) is 42.2 Å². The largest absolute Gasteiger partial charge is 0.493 e. The van der Waals surface area contributed by atoms with Gasteiger partial charge in [-0.3, -0.25) is 9.59 Å². The molecule has 0 radical (unpaired) electrons. The fourth-order valence-electron chi connectivity index (χ4n) is 4.25. The summed E-state index contributed by atoms with van der Waals surface area (Å²) in [7, 11) is 4.98. The lowest BCUT2D eigenvalue weighted by atomic mass is 9.91. The molecule has 160 valence electrons. The van der Waals surface area contributed by atoms with E-state index < -0.39 is 0 Å². The second kappa shape index (κ2) is 9.20. The average molecular weight is 411 g/mol. The Balaban J connectivity index is 1.89. The monoisotopic (exact) mass is 410 g/mol. The van der Waals surface area contributed by atoms with Crippen LogP contribution >= 0.6 is 0 Å². The van der Waals surface area contributed by atoms with Crippen LogP contribution in [-0.2, 0) is 11.2 Å². The number of hydrogen-bond donors (Lipinski definition) is 0. The van der Waals surface area contributed by atoms with Crippen LogP contribution in [0.15, 0.2) is 48.5 Å². The molecule has 0 spiro atoms. The quantitative estimate of drug-likeness (QED) is 0.732. The molecular formula is C24H30N2O4. The number of ether oxygens (including phenoxy) is 2. The third kappa shape index (κ3) is 4.27. The Bertz CT molecular complexity index is 897. The number of hydrogen-bond acceptors (Lipinski definition) is 4. The van der Waals surface area contributed by atoms with Crippen LogP contribution in [0.1, 0.15) is 29.8 Å². The molecule has 1 aliphatic heterocycles. The predicted molar refractivity (Wildman–Crippen MR) is 116 cm³/mol. The van der Waals surface area contributed by atoms with Crippen LogP contribution in [-0.4, -0.2) is 55.6 Å². The van der Waals surface area contributed by atoms with E-state index in [-0.39, 0.29) is 29.8 Å².